The number of alkyl halides is 3. The van der Waals surface area contributed by atoms with Gasteiger partial charge in [-0.3, -0.25) is 19.8 Å². The van der Waals surface area contributed by atoms with Crippen molar-refractivity contribution in [3.05, 3.63) is 83.6 Å². The van der Waals surface area contributed by atoms with E-state index in [1.165, 1.54) is 53.5 Å². The molecule has 0 fully saturated rings. The molecular formula is C29H28F5N6O7P. The number of imidazole rings is 1. The summed E-state index contributed by atoms with van der Waals surface area (Å²) in [5, 5.41) is 7.56. The van der Waals surface area contributed by atoms with Crippen LogP contribution in [0, 0.1) is 11.6 Å². The van der Waals surface area contributed by atoms with E-state index in [4.69, 9.17) is 19.0 Å². The van der Waals surface area contributed by atoms with Crippen molar-refractivity contribution in [2.45, 2.75) is 32.0 Å². The lowest BCUT2D eigenvalue weighted by Gasteiger charge is -2.26. The number of hydrazine groups is 1. The fraction of sp³-hybridized carbons (Fsp3) is 0.276. The lowest BCUT2D eigenvalue weighted by Crippen LogP contribution is -2.35. The molecule has 0 aliphatic carbocycles. The van der Waals surface area contributed by atoms with E-state index >= 15 is 0 Å². The molecule has 3 heterocycles. The Morgan fingerprint density at radius 1 is 1.17 bits per heavy atom. The predicted molar refractivity (Wildman–Crippen MR) is 160 cm³/mol. The van der Waals surface area contributed by atoms with Gasteiger partial charge in [0.05, 0.1) is 30.8 Å². The molecule has 4 N–H and O–H groups in total. The van der Waals surface area contributed by atoms with Crippen LogP contribution in [0.3, 0.4) is 0 Å². The molecule has 0 bridgehead atoms. The van der Waals surface area contributed by atoms with Crippen LogP contribution in [0.1, 0.15) is 42.8 Å². The van der Waals surface area contributed by atoms with E-state index in [1.54, 1.807) is 0 Å². The summed E-state index contributed by atoms with van der Waals surface area (Å²) in [4.78, 5) is 35.6. The van der Waals surface area contributed by atoms with Crippen LogP contribution in [-0.2, 0) is 20.1 Å². The zero-order valence-electron chi connectivity index (χ0n) is 24.9. The number of phosphoric ester groups is 1. The topological polar surface area (TPSA) is 164 Å². The number of amides is 1. The Balaban J connectivity index is 1.48. The molecule has 0 saturated heterocycles. The van der Waals surface area contributed by atoms with Gasteiger partial charge in [0.1, 0.15) is 17.1 Å². The van der Waals surface area contributed by atoms with Gasteiger partial charge in [0.25, 0.3) is 5.91 Å². The molecule has 0 saturated carbocycles. The molecule has 13 nitrogen and oxygen atoms in total. The first-order valence-corrected chi connectivity index (χ1v) is 15.8. The van der Waals surface area contributed by atoms with Gasteiger partial charge in [0, 0.05) is 24.4 Å². The number of fused-ring (bicyclic) bond motifs is 1. The molecule has 2 aromatic carbocycles. The van der Waals surface area contributed by atoms with Crippen LogP contribution in [0.4, 0.5) is 33.5 Å². The van der Waals surface area contributed by atoms with E-state index in [1.807, 2.05) is 6.92 Å². The summed E-state index contributed by atoms with van der Waals surface area (Å²) >= 11 is 0. The van der Waals surface area contributed by atoms with Crippen molar-refractivity contribution in [3.63, 3.8) is 0 Å². The van der Waals surface area contributed by atoms with E-state index in [-0.39, 0.29) is 66.1 Å². The molecular weight excluding hydrogens is 670 g/mol. The quantitative estimate of drug-likeness (QED) is 0.0776. The SMILES string of the molecule is CCCOc1ccc(-c2cc(C(C(=O)NCCCOP(=O)(O)O)n3cnc4c3C=CN(c3cccc(F)c3F)N4)on2)c(C(F)(F)F)c1. The molecule has 1 atom stereocenters. The van der Waals surface area contributed by atoms with Crippen molar-refractivity contribution < 1.29 is 54.9 Å². The number of hydrogen-bond donors (Lipinski definition) is 4. The van der Waals surface area contributed by atoms with Crippen molar-refractivity contribution in [1.82, 2.24) is 20.0 Å². The highest BCUT2D eigenvalue weighted by atomic mass is 31.2. The third-order valence-corrected chi connectivity index (χ3v) is 7.40. The first kappa shape index (κ1) is 34.6. The minimum Gasteiger partial charge on any atom is -0.494 e. The standard InChI is InChI=1S/C29H28F5N6O7P/c1-2-12-45-17-7-8-18(19(14-17)29(32,33)34)21-15-24(47-38-21)26(28(41)35-10-4-13-46-48(42,43)44)39-16-36-27-23(39)9-11-40(37-27)22-6-3-5-20(30)25(22)31/h3,5-9,11,14-16,26,37H,2,4,10,12-13H2,1H3,(H,35,41)(H2,42,43,44). The average Bonchev–Trinajstić information content (AvgIpc) is 3.68. The first-order valence-electron chi connectivity index (χ1n) is 14.3. The van der Waals surface area contributed by atoms with Gasteiger partial charge in [-0.25, -0.2) is 18.3 Å². The van der Waals surface area contributed by atoms with Gasteiger partial charge >= 0.3 is 14.0 Å². The molecule has 1 amide bonds. The molecule has 256 valence electrons. The fourth-order valence-electron chi connectivity index (χ4n) is 4.74. The monoisotopic (exact) mass is 698 g/mol. The normalized spacial score (nSPS) is 13.6. The summed E-state index contributed by atoms with van der Waals surface area (Å²) in [5.41, 5.74) is 1.27. The molecule has 19 heteroatoms. The number of nitrogens with zero attached hydrogens (tertiary/aromatic N) is 4. The molecule has 4 aromatic rings. The molecule has 0 radical (unpaired) electrons. The molecule has 5 rings (SSSR count). The Morgan fingerprint density at radius 3 is 2.69 bits per heavy atom. The van der Waals surface area contributed by atoms with Crippen molar-refractivity contribution in [2.24, 2.45) is 0 Å². The number of carbonyl (C=O) groups is 1. The molecule has 0 spiro atoms. The Morgan fingerprint density at radius 2 is 1.96 bits per heavy atom. The van der Waals surface area contributed by atoms with E-state index in [9.17, 15) is 31.3 Å². The van der Waals surface area contributed by atoms with Crippen molar-refractivity contribution in [3.8, 4) is 17.0 Å². The highest BCUT2D eigenvalue weighted by Crippen LogP contribution is 2.40. The summed E-state index contributed by atoms with van der Waals surface area (Å²) < 4.78 is 98.1. The Kier molecular flexibility index (Phi) is 10.2. The second kappa shape index (κ2) is 14.1. The van der Waals surface area contributed by atoms with Gasteiger partial charge in [0.2, 0.25) is 0 Å². The van der Waals surface area contributed by atoms with Gasteiger partial charge in [-0.2, -0.15) is 13.2 Å². The number of aromatic nitrogens is 3. The van der Waals surface area contributed by atoms with Crippen molar-refractivity contribution >= 4 is 31.3 Å². The summed E-state index contributed by atoms with van der Waals surface area (Å²) in [6.45, 7) is 1.51. The summed E-state index contributed by atoms with van der Waals surface area (Å²) in [5.74, 6) is -3.04. The molecule has 1 aliphatic heterocycles. The first-order chi connectivity index (χ1) is 22.8. The second-order valence-electron chi connectivity index (χ2n) is 10.3. The lowest BCUT2D eigenvalue weighted by molar-refractivity contribution is -0.137. The van der Waals surface area contributed by atoms with Gasteiger partial charge in [-0.15, -0.1) is 0 Å². The number of ether oxygens (including phenoxy) is 1. The highest BCUT2D eigenvalue weighted by Gasteiger charge is 2.36. The number of phosphoric acid groups is 1. The second-order valence-corrected chi connectivity index (χ2v) is 11.5. The zero-order chi connectivity index (χ0) is 34.6. The molecule has 48 heavy (non-hydrogen) atoms. The lowest BCUT2D eigenvalue weighted by atomic mass is 10.0. The maximum absolute atomic E-state index is 14.5. The fourth-order valence-corrected chi connectivity index (χ4v) is 5.10. The Hall–Kier alpha value is -4.77. The summed E-state index contributed by atoms with van der Waals surface area (Å²) in [7, 11) is -4.73. The van der Waals surface area contributed by atoms with Crippen LogP contribution < -0.4 is 20.5 Å². The summed E-state index contributed by atoms with van der Waals surface area (Å²) in [6, 6.07) is 6.70. The summed E-state index contributed by atoms with van der Waals surface area (Å²) in [6.07, 6.45) is -0.221. The molecule has 1 unspecified atom stereocenters. The Labute approximate surface area is 269 Å². The molecule has 2 aromatic heterocycles. The third-order valence-electron chi connectivity index (χ3n) is 6.88. The van der Waals surface area contributed by atoms with Crippen LogP contribution in [0.25, 0.3) is 17.3 Å². The number of anilines is 2. The zero-order valence-corrected chi connectivity index (χ0v) is 25.8. The van der Waals surface area contributed by atoms with Gasteiger partial charge in [-0.1, -0.05) is 18.1 Å². The largest absolute Gasteiger partial charge is 0.494 e. The van der Waals surface area contributed by atoms with Crippen LogP contribution in [-0.4, -0.2) is 50.2 Å². The number of nitrogens with one attached hydrogen (secondary N) is 2. The minimum atomic E-state index is -4.79. The number of benzene rings is 2. The maximum Gasteiger partial charge on any atom is 0.469 e. The van der Waals surface area contributed by atoms with Crippen molar-refractivity contribution in [1.29, 1.82) is 0 Å². The number of halogens is 5. The van der Waals surface area contributed by atoms with Crippen molar-refractivity contribution in [2.75, 3.05) is 30.2 Å². The smallest absolute Gasteiger partial charge is 0.469 e. The maximum atomic E-state index is 14.5. The molecule has 1 aliphatic rings. The Bertz CT molecular complexity index is 1860. The highest BCUT2D eigenvalue weighted by molar-refractivity contribution is 7.46. The van der Waals surface area contributed by atoms with Crippen LogP contribution in [0.15, 0.2) is 59.5 Å². The van der Waals surface area contributed by atoms with Gasteiger partial charge in [-0.05, 0) is 49.2 Å². The van der Waals surface area contributed by atoms with Crippen LogP contribution in [0.2, 0.25) is 0 Å². The van der Waals surface area contributed by atoms with Crippen LogP contribution >= 0.6 is 7.82 Å². The van der Waals surface area contributed by atoms with Gasteiger partial charge in [0.15, 0.2) is 29.3 Å². The van der Waals surface area contributed by atoms with Crippen LogP contribution in [0.5, 0.6) is 5.75 Å². The van der Waals surface area contributed by atoms with E-state index < -0.39 is 43.1 Å². The van der Waals surface area contributed by atoms with E-state index in [0.717, 1.165) is 17.1 Å². The third kappa shape index (κ3) is 7.84. The number of carbonyl (C=O) groups excluding carboxylic acids is 1. The average molecular weight is 699 g/mol. The number of rotatable bonds is 13. The van der Waals surface area contributed by atoms with Gasteiger partial charge < -0.3 is 28.9 Å². The van der Waals surface area contributed by atoms with E-state index in [0.29, 0.717) is 6.42 Å². The number of hydrogen-bond acceptors (Lipinski definition) is 9. The minimum absolute atomic E-state index is 0.00752. The predicted octanol–water partition coefficient (Wildman–Crippen LogP) is 5.65. The van der Waals surface area contributed by atoms with E-state index in [2.05, 4.69) is 25.4 Å².